The molecule has 1 atom stereocenters. The standard InChI is InChI=1S/C15H15ClO2/c1-10-3-6-12(16)9-14(10)15(17)11-4-7-13(18-2)8-5-11/h3-9,15,17H,1-2H3. The molecule has 0 saturated heterocycles. The van der Waals surface area contributed by atoms with Crippen LogP contribution < -0.4 is 4.74 Å². The Kier molecular flexibility index (Phi) is 3.90. The molecular formula is C15H15ClO2. The van der Waals surface area contributed by atoms with Crippen LogP contribution in [0.1, 0.15) is 22.8 Å². The molecule has 1 N–H and O–H groups in total. The van der Waals surface area contributed by atoms with E-state index in [1.54, 1.807) is 13.2 Å². The Hall–Kier alpha value is -1.51. The molecule has 0 bridgehead atoms. The molecule has 0 radical (unpaired) electrons. The summed E-state index contributed by atoms with van der Waals surface area (Å²) in [4.78, 5) is 0. The van der Waals surface area contributed by atoms with E-state index in [2.05, 4.69) is 0 Å². The van der Waals surface area contributed by atoms with Crippen LogP contribution in [0.2, 0.25) is 5.02 Å². The number of aliphatic hydroxyl groups excluding tert-OH is 1. The summed E-state index contributed by atoms with van der Waals surface area (Å²) in [5, 5.41) is 11.0. The molecule has 18 heavy (non-hydrogen) atoms. The minimum Gasteiger partial charge on any atom is -0.497 e. The largest absolute Gasteiger partial charge is 0.497 e. The second kappa shape index (κ2) is 5.42. The molecule has 2 aromatic rings. The van der Waals surface area contributed by atoms with Gasteiger partial charge in [-0.25, -0.2) is 0 Å². The van der Waals surface area contributed by atoms with Crippen LogP contribution in [0.3, 0.4) is 0 Å². The first-order chi connectivity index (χ1) is 8.61. The molecule has 0 spiro atoms. The molecule has 2 aromatic carbocycles. The van der Waals surface area contributed by atoms with Gasteiger partial charge in [0.1, 0.15) is 11.9 Å². The molecule has 0 amide bonds. The molecule has 0 aliphatic carbocycles. The fourth-order valence-corrected chi connectivity index (χ4v) is 2.05. The number of ether oxygens (including phenoxy) is 1. The lowest BCUT2D eigenvalue weighted by atomic mass is 9.97. The highest BCUT2D eigenvalue weighted by molar-refractivity contribution is 6.30. The van der Waals surface area contributed by atoms with Gasteiger partial charge in [-0.2, -0.15) is 0 Å². The van der Waals surface area contributed by atoms with E-state index in [4.69, 9.17) is 16.3 Å². The number of aryl methyl sites for hydroxylation is 1. The van der Waals surface area contributed by atoms with Gasteiger partial charge in [-0.1, -0.05) is 29.8 Å². The summed E-state index contributed by atoms with van der Waals surface area (Å²) in [6, 6.07) is 12.9. The van der Waals surface area contributed by atoms with Crippen molar-refractivity contribution in [2.24, 2.45) is 0 Å². The highest BCUT2D eigenvalue weighted by Crippen LogP contribution is 2.28. The zero-order chi connectivity index (χ0) is 13.1. The van der Waals surface area contributed by atoms with Gasteiger partial charge in [0.2, 0.25) is 0 Å². The molecule has 0 aromatic heterocycles. The fraction of sp³-hybridized carbons (Fsp3) is 0.200. The van der Waals surface area contributed by atoms with Crippen LogP contribution >= 0.6 is 11.6 Å². The van der Waals surface area contributed by atoms with Crippen LogP contribution in [0.4, 0.5) is 0 Å². The first-order valence-electron chi connectivity index (χ1n) is 5.70. The lowest BCUT2D eigenvalue weighted by Gasteiger charge is -2.15. The van der Waals surface area contributed by atoms with Gasteiger partial charge in [0.05, 0.1) is 7.11 Å². The van der Waals surface area contributed by atoms with Gasteiger partial charge in [-0.3, -0.25) is 0 Å². The molecule has 94 valence electrons. The first kappa shape index (κ1) is 12.9. The normalized spacial score (nSPS) is 12.2. The van der Waals surface area contributed by atoms with E-state index in [9.17, 15) is 5.11 Å². The lowest BCUT2D eigenvalue weighted by Crippen LogP contribution is -2.02. The lowest BCUT2D eigenvalue weighted by molar-refractivity contribution is 0.219. The Labute approximate surface area is 112 Å². The van der Waals surface area contributed by atoms with Crippen molar-refractivity contribution in [3.05, 3.63) is 64.2 Å². The second-order valence-corrected chi connectivity index (χ2v) is 4.61. The third kappa shape index (κ3) is 2.66. The molecule has 0 heterocycles. The summed E-state index contributed by atoms with van der Waals surface area (Å²) >= 11 is 5.96. The summed E-state index contributed by atoms with van der Waals surface area (Å²) in [7, 11) is 1.62. The number of aliphatic hydroxyl groups is 1. The van der Waals surface area contributed by atoms with E-state index in [1.165, 1.54) is 0 Å². The van der Waals surface area contributed by atoms with Crippen LogP contribution in [0.15, 0.2) is 42.5 Å². The van der Waals surface area contributed by atoms with Crippen LogP contribution in [-0.4, -0.2) is 12.2 Å². The number of rotatable bonds is 3. The molecule has 2 rings (SSSR count). The van der Waals surface area contributed by atoms with Crippen molar-refractivity contribution < 1.29 is 9.84 Å². The van der Waals surface area contributed by atoms with Crippen molar-refractivity contribution in [1.29, 1.82) is 0 Å². The van der Waals surface area contributed by atoms with Crippen molar-refractivity contribution in [3.63, 3.8) is 0 Å². The zero-order valence-electron chi connectivity index (χ0n) is 10.4. The van der Waals surface area contributed by atoms with Crippen molar-refractivity contribution in [2.45, 2.75) is 13.0 Å². The number of halogens is 1. The van der Waals surface area contributed by atoms with E-state index < -0.39 is 6.10 Å². The molecule has 1 unspecified atom stereocenters. The number of hydrogen-bond acceptors (Lipinski definition) is 2. The molecule has 0 aliphatic rings. The van der Waals surface area contributed by atoms with Gasteiger partial charge in [-0.15, -0.1) is 0 Å². The third-order valence-corrected chi connectivity index (χ3v) is 3.20. The molecule has 0 aliphatic heterocycles. The fourth-order valence-electron chi connectivity index (χ4n) is 1.87. The molecule has 0 saturated carbocycles. The van der Waals surface area contributed by atoms with Crippen molar-refractivity contribution >= 4 is 11.6 Å². The summed E-state index contributed by atoms with van der Waals surface area (Å²) in [5.41, 5.74) is 2.66. The Morgan fingerprint density at radius 3 is 2.39 bits per heavy atom. The topological polar surface area (TPSA) is 29.5 Å². The summed E-state index contributed by atoms with van der Waals surface area (Å²) in [5.74, 6) is 0.772. The summed E-state index contributed by atoms with van der Waals surface area (Å²) in [6.45, 7) is 1.96. The Bertz CT molecular complexity index is 535. The molecule has 3 heteroatoms. The van der Waals surface area contributed by atoms with E-state index in [1.807, 2.05) is 43.3 Å². The molecular weight excluding hydrogens is 248 g/mol. The average molecular weight is 263 g/mol. The van der Waals surface area contributed by atoms with Gasteiger partial charge in [0.25, 0.3) is 0 Å². The third-order valence-electron chi connectivity index (χ3n) is 2.97. The maximum Gasteiger partial charge on any atom is 0.118 e. The van der Waals surface area contributed by atoms with Crippen LogP contribution in [0, 0.1) is 6.92 Å². The monoisotopic (exact) mass is 262 g/mol. The van der Waals surface area contributed by atoms with Gasteiger partial charge in [0, 0.05) is 5.02 Å². The minimum absolute atomic E-state index is 0.628. The van der Waals surface area contributed by atoms with E-state index >= 15 is 0 Å². The molecule has 2 nitrogen and oxygen atoms in total. The van der Waals surface area contributed by atoms with Crippen molar-refractivity contribution in [2.75, 3.05) is 7.11 Å². The maximum absolute atomic E-state index is 10.4. The van der Waals surface area contributed by atoms with Gasteiger partial charge < -0.3 is 9.84 Å². The number of benzene rings is 2. The van der Waals surface area contributed by atoms with Crippen molar-refractivity contribution in [3.8, 4) is 5.75 Å². The number of hydrogen-bond donors (Lipinski definition) is 1. The Morgan fingerprint density at radius 2 is 1.78 bits per heavy atom. The maximum atomic E-state index is 10.4. The quantitative estimate of drug-likeness (QED) is 0.913. The summed E-state index contributed by atoms with van der Waals surface area (Å²) in [6.07, 6.45) is -0.672. The summed E-state index contributed by atoms with van der Waals surface area (Å²) < 4.78 is 5.09. The number of methoxy groups -OCH3 is 1. The van der Waals surface area contributed by atoms with Gasteiger partial charge in [-0.05, 0) is 47.9 Å². The minimum atomic E-state index is -0.672. The van der Waals surface area contributed by atoms with E-state index in [0.29, 0.717) is 5.02 Å². The van der Waals surface area contributed by atoms with E-state index in [0.717, 1.165) is 22.4 Å². The SMILES string of the molecule is COc1ccc(C(O)c2cc(Cl)ccc2C)cc1. The highest BCUT2D eigenvalue weighted by atomic mass is 35.5. The second-order valence-electron chi connectivity index (χ2n) is 4.18. The van der Waals surface area contributed by atoms with E-state index in [-0.39, 0.29) is 0 Å². The molecule has 0 fully saturated rings. The average Bonchev–Trinajstić information content (AvgIpc) is 2.41. The first-order valence-corrected chi connectivity index (χ1v) is 6.07. The zero-order valence-corrected chi connectivity index (χ0v) is 11.1. The van der Waals surface area contributed by atoms with Crippen LogP contribution in [0.5, 0.6) is 5.75 Å². The Balaban J connectivity index is 2.34. The van der Waals surface area contributed by atoms with Crippen LogP contribution in [0.25, 0.3) is 0 Å². The Morgan fingerprint density at radius 1 is 1.11 bits per heavy atom. The van der Waals surface area contributed by atoms with Crippen molar-refractivity contribution in [1.82, 2.24) is 0 Å². The van der Waals surface area contributed by atoms with Gasteiger partial charge >= 0.3 is 0 Å². The smallest absolute Gasteiger partial charge is 0.118 e. The predicted molar refractivity (Wildman–Crippen MR) is 73.2 cm³/mol. The predicted octanol–water partition coefficient (Wildman–Crippen LogP) is 3.74. The van der Waals surface area contributed by atoms with Crippen LogP contribution in [-0.2, 0) is 0 Å². The highest BCUT2D eigenvalue weighted by Gasteiger charge is 2.13. The van der Waals surface area contributed by atoms with Gasteiger partial charge in [0.15, 0.2) is 0 Å².